The van der Waals surface area contributed by atoms with Crippen LogP contribution in [-0.2, 0) is 10.2 Å². The lowest BCUT2D eigenvalue weighted by molar-refractivity contribution is 0.100. The molecule has 0 radical (unpaired) electrons. The van der Waals surface area contributed by atoms with Gasteiger partial charge in [-0.15, -0.1) is 5.10 Å². The van der Waals surface area contributed by atoms with E-state index in [4.69, 9.17) is 19.6 Å². The van der Waals surface area contributed by atoms with E-state index < -0.39 is 0 Å². The first-order valence-electron chi connectivity index (χ1n) is 10.5. The third-order valence-corrected chi connectivity index (χ3v) is 6.12. The lowest BCUT2D eigenvalue weighted by atomic mass is 10.1. The molecule has 2 aliphatic rings. The Balaban J connectivity index is 1.48. The number of hydrogen-bond donors (Lipinski definition) is 0. The van der Waals surface area contributed by atoms with Gasteiger partial charge in [0.25, 0.3) is 0 Å². The zero-order valence-electron chi connectivity index (χ0n) is 17.4. The Hall–Kier alpha value is -3.60. The van der Waals surface area contributed by atoms with Crippen LogP contribution in [0.15, 0.2) is 36.4 Å². The molecule has 31 heavy (non-hydrogen) atoms. The second-order valence-electron chi connectivity index (χ2n) is 8.18. The van der Waals surface area contributed by atoms with Crippen LogP contribution in [0.5, 0.6) is 5.75 Å². The predicted octanol–water partition coefficient (Wildman–Crippen LogP) is 3.54. The quantitative estimate of drug-likeness (QED) is 0.630. The van der Waals surface area contributed by atoms with Crippen molar-refractivity contribution < 1.29 is 14.3 Å². The number of benzene rings is 1. The van der Waals surface area contributed by atoms with Crippen LogP contribution in [0, 0.1) is 11.3 Å². The lowest BCUT2D eigenvalue weighted by Gasteiger charge is -2.17. The van der Waals surface area contributed by atoms with Gasteiger partial charge in [0.05, 0.1) is 29.9 Å². The van der Waals surface area contributed by atoms with Gasteiger partial charge in [0.2, 0.25) is 0 Å². The van der Waals surface area contributed by atoms with E-state index in [9.17, 15) is 10.1 Å². The first-order valence-corrected chi connectivity index (χ1v) is 10.5. The number of ether oxygens (including phenoxy) is 2. The molecule has 0 bridgehead atoms. The lowest BCUT2D eigenvalue weighted by Crippen LogP contribution is -2.31. The standard InChI is InChI=1S/C23H23N5O3/c1-30-19-8-7-18(17-6-4-5-16(13-17)14-24)28-20(19)25-21(26-28)23(9-10-23)15-31-22(29)27-11-2-3-12-27/h4-8,13H,2-3,9-12,15H2,1H3. The van der Waals surface area contributed by atoms with Gasteiger partial charge >= 0.3 is 6.09 Å². The molecule has 1 aliphatic carbocycles. The maximum absolute atomic E-state index is 12.3. The molecule has 1 amide bonds. The van der Waals surface area contributed by atoms with Crippen molar-refractivity contribution in [1.82, 2.24) is 19.5 Å². The van der Waals surface area contributed by atoms with Crippen molar-refractivity contribution in [2.24, 2.45) is 0 Å². The molecule has 0 N–H and O–H groups in total. The number of pyridine rings is 1. The Morgan fingerprint density at radius 1 is 1.23 bits per heavy atom. The van der Waals surface area contributed by atoms with Crippen molar-refractivity contribution in [1.29, 1.82) is 5.26 Å². The molecule has 2 aromatic heterocycles. The van der Waals surface area contributed by atoms with Crippen LogP contribution >= 0.6 is 0 Å². The summed E-state index contributed by atoms with van der Waals surface area (Å²) in [5.74, 6) is 1.27. The molecule has 0 atom stereocenters. The SMILES string of the molecule is COc1ccc(-c2cccc(C#N)c2)n2nc(C3(COC(=O)N4CCCC4)CC3)nc12. The number of hydrogen-bond acceptors (Lipinski definition) is 6. The topological polar surface area (TPSA) is 92.8 Å². The zero-order valence-corrected chi connectivity index (χ0v) is 17.4. The minimum Gasteiger partial charge on any atom is -0.493 e. The van der Waals surface area contributed by atoms with E-state index in [1.807, 2.05) is 30.3 Å². The maximum Gasteiger partial charge on any atom is 0.409 e. The number of fused-ring (bicyclic) bond motifs is 1. The van der Waals surface area contributed by atoms with Crippen LogP contribution < -0.4 is 4.74 Å². The number of carbonyl (C=O) groups excluding carboxylic acids is 1. The summed E-state index contributed by atoms with van der Waals surface area (Å²) in [7, 11) is 1.60. The Morgan fingerprint density at radius 3 is 2.74 bits per heavy atom. The second-order valence-corrected chi connectivity index (χ2v) is 8.18. The molecule has 8 heteroatoms. The number of amides is 1. The van der Waals surface area contributed by atoms with E-state index in [-0.39, 0.29) is 18.1 Å². The molecule has 158 valence electrons. The van der Waals surface area contributed by atoms with Crippen LogP contribution in [0.1, 0.15) is 37.1 Å². The van der Waals surface area contributed by atoms with Gasteiger partial charge in [0.15, 0.2) is 17.2 Å². The largest absolute Gasteiger partial charge is 0.493 e. The van der Waals surface area contributed by atoms with Gasteiger partial charge in [0.1, 0.15) is 6.61 Å². The minimum absolute atomic E-state index is 0.251. The normalized spacial score (nSPS) is 16.8. The van der Waals surface area contributed by atoms with Gasteiger partial charge in [-0.1, -0.05) is 12.1 Å². The molecule has 2 fully saturated rings. The summed E-state index contributed by atoms with van der Waals surface area (Å²) in [5.41, 5.74) is 2.52. The summed E-state index contributed by atoms with van der Waals surface area (Å²) in [6.45, 7) is 1.81. The van der Waals surface area contributed by atoms with E-state index in [0.717, 1.165) is 50.0 Å². The third kappa shape index (κ3) is 3.46. The van der Waals surface area contributed by atoms with Crippen molar-refractivity contribution in [3.63, 3.8) is 0 Å². The van der Waals surface area contributed by atoms with Gasteiger partial charge in [-0.3, -0.25) is 0 Å². The van der Waals surface area contributed by atoms with Crippen LogP contribution in [0.4, 0.5) is 4.79 Å². The molecular formula is C23H23N5O3. The van der Waals surface area contributed by atoms with Crippen molar-refractivity contribution in [2.45, 2.75) is 31.1 Å². The molecule has 0 unspecified atom stereocenters. The molecule has 3 aromatic rings. The van der Waals surface area contributed by atoms with Crippen LogP contribution in [0.25, 0.3) is 16.9 Å². The van der Waals surface area contributed by atoms with E-state index >= 15 is 0 Å². The molecule has 3 heterocycles. The number of nitrogens with zero attached hydrogens (tertiary/aromatic N) is 5. The van der Waals surface area contributed by atoms with Crippen LogP contribution in [0.2, 0.25) is 0 Å². The monoisotopic (exact) mass is 417 g/mol. The highest BCUT2D eigenvalue weighted by molar-refractivity contribution is 5.69. The average molecular weight is 417 g/mol. The van der Waals surface area contributed by atoms with Crippen LogP contribution in [0.3, 0.4) is 0 Å². The number of methoxy groups -OCH3 is 1. The number of likely N-dealkylation sites (tertiary alicyclic amines) is 1. The van der Waals surface area contributed by atoms with Crippen LogP contribution in [-0.4, -0.2) is 52.4 Å². The Bertz CT molecular complexity index is 1190. The first kappa shape index (κ1) is 19.4. The van der Waals surface area contributed by atoms with Gasteiger partial charge in [-0.2, -0.15) is 5.26 Å². The number of nitriles is 1. The predicted molar refractivity (Wildman–Crippen MR) is 113 cm³/mol. The minimum atomic E-state index is -0.349. The molecule has 1 saturated carbocycles. The number of carbonyl (C=O) groups is 1. The fraction of sp³-hybridized carbons (Fsp3) is 0.391. The van der Waals surface area contributed by atoms with Crippen molar-refractivity contribution in [3.8, 4) is 23.1 Å². The molecule has 1 saturated heterocycles. The summed E-state index contributed by atoms with van der Waals surface area (Å²) in [5, 5.41) is 14.1. The first-order chi connectivity index (χ1) is 15.1. The summed E-state index contributed by atoms with van der Waals surface area (Å²) < 4.78 is 12.9. The molecular weight excluding hydrogens is 394 g/mol. The third-order valence-electron chi connectivity index (χ3n) is 6.12. The summed E-state index contributed by atoms with van der Waals surface area (Å²) in [6.07, 6.45) is 3.56. The van der Waals surface area contributed by atoms with E-state index in [1.54, 1.807) is 22.6 Å². The Morgan fingerprint density at radius 2 is 2.03 bits per heavy atom. The fourth-order valence-electron chi connectivity index (χ4n) is 4.06. The zero-order chi connectivity index (χ0) is 21.4. The highest BCUT2D eigenvalue weighted by Crippen LogP contribution is 2.47. The van der Waals surface area contributed by atoms with Crippen molar-refractivity contribution in [2.75, 3.05) is 26.8 Å². The molecule has 8 nitrogen and oxygen atoms in total. The summed E-state index contributed by atoms with van der Waals surface area (Å²) in [6, 6.07) is 13.3. The van der Waals surface area contributed by atoms with E-state index in [0.29, 0.717) is 22.8 Å². The highest BCUT2D eigenvalue weighted by atomic mass is 16.6. The van der Waals surface area contributed by atoms with Crippen molar-refractivity contribution in [3.05, 3.63) is 47.8 Å². The Kier molecular flexibility index (Phi) is 4.74. The van der Waals surface area contributed by atoms with E-state index in [2.05, 4.69) is 6.07 Å². The van der Waals surface area contributed by atoms with Gasteiger partial charge < -0.3 is 14.4 Å². The number of rotatable bonds is 5. The average Bonchev–Trinajstić information content (AvgIpc) is 3.18. The van der Waals surface area contributed by atoms with Gasteiger partial charge in [-0.25, -0.2) is 14.3 Å². The van der Waals surface area contributed by atoms with Gasteiger partial charge in [0, 0.05) is 18.7 Å². The van der Waals surface area contributed by atoms with Crippen molar-refractivity contribution >= 4 is 11.7 Å². The molecule has 1 aliphatic heterocycles. The molecule has 0 spiro atoms. The van der Waals surface area contributed by atoms with E-state index in [1.165, 1.54) is 0 Å². The summed E-state index contributed by atoms with van der Waals surface area (Å²) in [4.78, 5) is 18.9. The molecule has 1 aromatic carbocycles. The highest BCUT2D eigenvalue weighted by Gasteiger charge is 2.50. The smallest absolute Gasteiger partial charge is 0.409 e. The maximum atomic E-state index is 12.3. The Labute approximate surface area is 180 Å². The number of aromatic nitrogens is 3. The summed E-state index contributed by atoms with van der Waals surface area (Å²) >= 11 is 0. The molecule has 5 rings (SSSR count). The fourth-order valence-corrected chi connectivity index (χ4v) is 4.06. The van der Waals surface area contributed by atoms with Gasteiger partial charge in [-0.05, 0) is 49.9 Å². The second kappa shape index (κ2) is 7.58.